The van der Waals surface area contributed by atoms with Gasteiger partial charge < -0.3 is 10.1 Å². The van der Waals surface area contributed by atoms with Gasteiger partial charge in [-0.15, -0.1) is 0 Å². The fourth-order valence-corrected chi connectivity index (χ4v) is 3.39. The smallest absolute Gasteiger partial charge is 0.0787 e. The van der Waals surface area contributed by atoms with E-state index in [1.165, 1.54) is 11.1 Å². The Bertz CT molecular complexity index is 473. The van der Waals surface area contributed by atoms with Crippen molar-refractivity contribution in [1.29, 1.82) is 0 Å². The zero-order valence-electron chi connectivity index (χ0n) is 14.7. The number of hydrogen-bond donors (Lipinski definition) is 1. The van der Waals surface area contributed by atoms with Crippen LogP contribution in [0.3, 0.4) is 0 Å². The average molecular weight is 289 g/mol. The Morgan fingerprint density at radius 3 is 1.95 bits per heavy atom. The van der Waals surface area contributed by atoms with Crippen LogP contribution < -0.4 is 5.32 Å². The molecule has 0 amide bonds. The second-order valence-corrected chi connectivity index (χ2v) is 7.93. The van der Waals surface area contributed by atoms with Gasteiger partial charge in [-0.1, -0.05) is 38.1 Å². The SMILES string of the molecule is CC(C)c1ccc(C(C)NC2CC(C)(C)OC2(C)C)cc1. The summed E-state index contributed by atoms with van der Waals surface area (Å²) in [6.45, 7) is 15.4. The third-order valence-corrected chi connectivity index (χ3v) is 4.63. The summed E-state index contributed by atoms with van der Waals surface area (Å²) in [4.78, 5) is 0. The zero-order chi connectivity index (χ0) is 15.8. The molecule has 0 radical (unpaired) electrons. The molecule has 1 aromatic rings. The minimum Gasteiger partial charge on any atom is -0.368 e. The first-order valence-corrected chi connectivity index (χ1v) is 8.17. The molecule has 1 saturated heterocycles. The molecule has 1 aliphatic rings. The van der Waals surface area contributed by atoms with Crippen molar-refractivity contribution in [2.45, 2.75) is 84.1 Å². The van der Waals surface area contributed by atoms with Crippen LogP contribution in [0.1, 0.15) is 78.0 Å². The summed E-state index contributed by atoms with van der Waals surface area (Å²) < 4.78 is 6.17. The van der Waals surface area contributed by atoms with Crippen LogP contribution in [0.25, 0.3) is 0 Å². The molecular formula is C19H31NO. The molecule has 0 aromatic heterocycles. The summed E-state index contributed by atoms with van der Waals surface area (Å²) in [5.74, 6) is 0.588. The Kier molecular flexibility index (Phi) is 4.51. The first-order chi connectivity index (χ1) is 9.61. The van der Waals surface area contributed by atoms with Crippen molar-refractivity contribution in [2.75, 3.05) is 0 Å². The van der Waals surface area contributed by atoms with E-state index < -0.39 is 0 Å². The molecule has 1 fully saturated rings. The molecule has 0 bridgehead atoms. The molecule has 2 atom stereocenters. The average Bonchev–Trinajstić information content (AvgIpc) is 2.57. The van der Waals surface area contributed by atoms with Crippen LogP contribution in [0.4, 0.5) is 0 Å². The molecule has 1 heterocycles. The van der Waals surface area contributed by atoms with Crippen LogP contribution in [-0.2, 0) is 4.74 Å². The maximum absolute atomic E-state index is 6.17. The number of hydrogen-bond acceptors (Lipinski definition) is 2. The lowest BCUT2D eigenvalue weighted by molar-refractivity contribution is -0.0703. The van der Waals surface area contributed by atoms with Crippen molar-refractivity contribution in [2.24, 2.45) is 0 Å². The van der Waals surface area contributed by atoms with Crippen LogP contribution >= 0.6 is 0 Å². The quantitative estimate of drug-likeness (QED) is 0.859. The van der Waals surface area contributed by atoms with Crippen molar-refractivity contribution < 1.29 is 4.74 Å². The highest BCUT2D eigenvalue weighted by atomic mass is 16.5. The van der Waals surface area contributed by atoms with E-state index in [0.717, 1.165) is 6.42 Å². The lowest BCUT2D eigenvalue weighted by atomic mass is 9.92. The van der Waals surface area contributed by atoms with Gasteiger partial charge in [0.2, 0.25) is 0 Å². The van der Waals surface area contributed by atoms with E-state index in [9.17, 15) is 0 Å². The van der Waals surface area contributed by atoms with Crippen LogP contribution in [0, 0.1) is 0 Å². The van der Waals surface area contributed by atoms with E-state index in [2.05, 4.69) is 78.0 Å². The molecule has 2 unspecified atom stereocenters. The van der Waals surface area contributed by atoms with E-state index in [4.69, 9.17) is 4.74 Å². The molecule has 0 saturated carbocycles. The molecule has 2 heteroatoms. The Hall–Kier alpha value is -0.860. The minimum absolute atomic E-state index is 0.0393. The monoisotopic (exact) mass is 289 g/mol. The van der Waals surface area contributed by atoms with Crippen molar-refractivity contribution in [3.05, 3.63) is 35.4 Å². The Labute approximate surface area is 130 Å². The van der Waals surface area contributed by atoms with Gasteiger partial charge in [-0.05, 0) is 58.1 Å². The topological polar surface area (TPSA) is 21.3 Å². The second-order valence-electron chi connectivity index (χ2n) is 7.93. The first kappa shape index (κ1) is 16.5. The summed E-state index contributed by atoms with van der Waals surface area (Å²) >= 11 is 0. The predicted molar refractivity (Wildman–Crippen MR) is 89.7 cm³/mol. The molecule has 118 valence electrons. The summed E-state index contributed by atoms with van der Waals surface area (Å²) in [7, 11) is 0. The van der Waals surface area contributed by atoms with E-state index in [1.54, 1.807) is 0 Å². The van der Waals surface area contributed by atoms with Gasteiger partial charge >= 0.3 is 0 Å². The van der Waals surface area contributed by atoms with Gasteiger partial charge in [0.05, 0.1) is 11.2 Å². The highest BCUT2D eigenvalue weighted by Crippen LogP contribution is 2.38. The van der Waals surface area contributed by atoms with E-state index in [1.807, 2.05) is 0 Å². The van der Waals surface area contributed by atoms with Crippen molar-refractivity contribution in [3.63, 3.8) is 0 Å². The minimum atomic E-state index is -0.115. The standard InChI is InChI=1S/C19H31NO/c1-13(2)15-8-10-16(11-9-15)14(3)20-17-12-18(4,5)21-19(17,6)7/h8-11,13-14,17,20H,12H2,1-7H3. The van der Waals surface area contributed by atoms with Gasteiger partial charge in [0.1, 0.15) is 0 Å². The summed E-state index contributed by atoms with van der Waals surface area (Å²) in [5, 5.41) is 3.76. The summed E-state index contributed by atoms with van der Waals surface area (Å²) in [5.41, 5.74) is 2.59. The fourth-order valence-electron chi connectivity index (χ4n) is 3.39. The van der Waals surface area contributed by atoms with Crippen molar-refractivity contribution in [1.82, 2.24) is 5.32 Å². The molecule has 2 nitrogen and oxygen atoms in total. The lowest BCUT2D eigenvalue weighted by Crippen LogP contribution is -2.44. The normalized spacial score (nSPS) is 25.2. The Morgan fingerprint density at radius 1 is 1.00 bits per heavy atom. The molecule has 1 N–H and O–H groups in total. The van der Waals surface area contributed by atoms with Gasteiger partial charge in [-0.25, -0.2) is 0 Å². The second kappa shape index (κ2) is 5.73. The lowest BCUT2D eigenvalue weighted by Gasteiger charge is -2.30. The van der Waals surface area contributed by atoms with Crippen LogP contribution in [0.2, 0.25) is 0 Å². The number of rotatable bonds is 4. The highest BCUT2D eigenvalue weighted by molar-refractivity contribution is 5.26. The third kappa shape index (κ3) is 3.87. The number of benzene rings is 1. The summed E-state index contributed by atoms with van der Waals surface area (Å²) in [6, 6.07) is 9.72. The fraction of sp³-hybridized carbons (Fsp3) is 0.684. The Morgan fingerprint density at radius 2 is 1.52 bits per heavy atom. The number of ether oxygens (including phenoxy) is 1. The van der Waals surface area contributed by atoms with Gasteiger partial charge in [0, 0.05) is 12.1 Å². The van der Waals surface area contributed by atoms with Gasteiger partial charge in [0.25, 0.3) is 0 Å². The first-order valence-electron chi connectivity index (χ1n) is 8.17. The van der Waals surface area contributed by atoms with Crippen LogP contribution in [0.5, 0.6) is 0 Å². The van der Waals surface area contributed by atoms with Gasteiger partial charge in [0.15, 0.2) is 0 Å². The molecule has 1 aliphatic heterocycles. The zero-order valence-corrected chi connectivity index (χ0v) is 14.7. The largest absolute Gasteiger partial charge is 0.368 e. The number of nitrogens with one attached hydrogen (secondary N) is 1. The Balaban J connectivity index is 2.06. The van der Waals surface area contributed by atoms with Crippen molar-refractivity contribution >= 4 is 0 Å². The predicted octanol–water partition coefficient (Wildman–Crippen LogP) is 4.81. The van der Waals surface area contributed by atoms with Gasteiger partial charge in [-0.2, -0.15) is 0 Å². The van der Waals surface area contributed by atoms with E-state index >= 15 is 0 Å². The maximum atomic E-state index is 6.17. The van der Waals surface area contributed by atoms with E-state index in [-0.39, 0.29) is 11.2 Å². The third-order valence-electron chi connectivity index (χ3n) is 4.63. The highest BCUT2D eigenvalue weighted by Gasteiger charge is 2.46. The van der Waals surface area contributed by atoms with E-state index in [0.29, 0.717) is 18.0 Å². The molecule has 2 rings (SSSR count). The molecule has 0 spiro atoms. The van der Waals surface area contributed by atoms with Crippen molar-refractivity contribution in [3.8, 4) is 0 Å². The van der Waals surface area contributed by atoms with Crippen LogP contribution in [-0.4, -0.2) is 17.2 Å². The van der Waals surface area contributed by atoms with Crippen LogP contribution in [0.15, 0.2) is 24.3 Å². The summed E-state index contributed by atoms with van der Waals surface area (Å²) in [6.07, 6.45) is 1.05. The van der Waals surface area contributed by atoms with Gasteiger partial charge in [-0.3, -0.25) is 0 Å². The molecule has 1 aromatic carbocycles. The molecule has 0 aliphatic carbocycles. The molecular weight excluding hydrogens is 258 g/mol. The molecule has 21 heavy (non-hydrogen) atoms. The maximum Gasteiger partial charge on any atom is 0.0787 e.